The van der Waals surface area contributed by atoms with Crippen LogP contribution in [0.5, 0.6) is 0 Å². The molecule has 3 atom stereocenters. The maximum atomic E-state index is 12.3. The van der Waals surface area contributed by atoms with Crippen LogP contribution in [0.2, 0.25) is 0 Å². The Kier molecular flexibility index (Phi) is 4.41. The minimum atomic E-state index is -0.778. The molecule has 26 heavy (non-hydrogen) atoms. The second-order valence-electron chi connectivity index (χ2n) is 6.19. The fourth-order valence-electron chi connectivity index (χ4n) is 3.05. The van der Waals surface area contributed by atoms with Gasteiger partial charge in [0.1, 0.15) is 12.3 Å². The Bertz CT molecular complexity index is 955. The molecule has 4 rings (SSSR count). The third-order valence-electron chi connectivity index (χ3n) is 4.43. The second-order valence-corrected chi connectivity index (χ2v) is 6.19. The van der Waals surface area contributed by atoms with E-state index in [-0.39, 0.29) is 24.1 Å². The summed E-state index contributed by atoms with van der Waals surface area (Å²) in [6.07, 6.45) is -0.221. The number of H-pyrrole nitrogens is 1. The number of aliphatic hydroxyl groups is 2. The predicted octanol–water partition coefficient (Wildman–Crippen LogP) is 0.372. The molecule has 3 heterocycles. The number of hydrogen-bond acceptors (Lipinski definition) is 7. The highest BCUT2D eigenvalue weighted by molar-refractivity contribution is 5.70. The molecule has 4 N–H and O–H groups in total. The summed E-state index contributed by atoms with van der Waals surface area (Å²) >= 11 is 0. The van der Waals surface area contributed by atoms with Gasteiger partial charge < -0.3 is 20.3 Å². The minimum Gasteiger partial charge on any atom is -0.394 e. The van der Waals surface area contributed by atoms with Crippen LogP contribution in [-0.4, -0.2) is 48.5 Å². The van der Waals surface area contributed by atoms with Gasteiger partial charge in [0.05, 0.1) is 19.0 Å². The summed E-state index contributed by atoms with van der Waals surface area (Å²) in [5.74, 6) is 0.324. The summed E-state index contributed by atoms with van der Waals surface area (Å²) in [5, 5.41) is 22.3. The number of aromatic nitrogens is 4. The monoisotopic (exact) mass is 357 g/mol. The maximum absolute atomic E-state index is 12.3. The van der Waals surface area contributed by atoms with Crippen molar-refractivity contribution in [3.05, 3.63) is 52.6 Å². The highest BCUT2D eigenvalue weighted by atomic mass is 16.5. The molecule has 136 valence electrons. The van der Waals surface area contributed by atoms with Gasteiger partial charge in [-0.3, -0.25) is 14.3 Å². The lowest BCUT2D eigenvalue weighted by molar-refractivity contribution is -0.0432. The molecule has 9 heteroatoms. The standard InChI is InChI=1S/C17H19N5O4/c23-8-12-11(24)6-13(26-12)22-9-19-14-15(22)20-17(21-16(14)25)18-7-10-4-2-1-3-5-10/h1-5,9,11-13,23-24H,6-8H2,(H2,18,20,21,25)/t11-,12+,13+/m0/s1. The first-order chi connectivity index (χ1) is 12.7. The fourth-order valence-corrected chi connectivity index (χ4v) is 3.05. The van der Waals surface area contributed by atoms with Crippen LogP contribution in [0.4, 0.5) is 5.95 Å². The van der Waals surface area contributed by atoms with E-state index in [1.807, 2.05) is 30.3 Å². The van der Waals surface area contributed by atoms with Gasteiger partial charge in [-0.25, -0.2) is 4.98 Å². The van der Waals surface area contributed by atoms with Crippen LogP contribution >= 0.6 is 0 Å². The molecule has 9 nitrogen and oxygen atoms in total. The van der Waals surface area contributed by atoms with Crippen molar-refractivity contribution in [1.82, 2.24) is 19.5 Å². The van der Waals surface area contributed by atoms with Gasteiger partial charge in [0, 0.05) is 13.0 Å². The Balaban J connectivity index is 1.62. The summed E-state index contributed by atoms with van der Waals surface area (Å²) in [7, 11) is 0. The van der Waals surface area contributed by atoms with Crippen molar-refractivity contribution < 1.29 is 14.9 Å². The van der Waals surface area contributed by atoms with Gasteiger partial charge >= 0.3 is 0 Å². The quantitative estimate of drug-likeness (QED) is 0.520. The van der Waals surface area contributed by atoms with Gasteiger partial charge in [0.15, 0.2) is 11.2 Å². The zero-order chi connectivity index (χ0) is 18.1. The van der Waals surface area contributed by atoms with Crippen molar-refractivity contribution in [3.8, 4) is 0 Å². The molecule has 1 saturated heterocycles. The number of benzene rings is 1. The summed E-state index contributed by atoms with van der Waals surface area (Å²) < 4.78 is 7.24. The van der Waals surface area contributed by atoms with Crippen LogP contribution in [0, 0.1) is 0 Å². The first-order valence-electron chi connectivity index (χ1n) is 8.34. The zero-order valence-electron chi connectivity index (χ0n) is 13.9. The molecule has 0 unspecified atom stereocenters. The van der Waals surface area contributed by atoms with E-state index in [1.165, 1.54) is 6.33 Å². The summed E-state index contributed by atoms with van der Waals surface area (Å²) in [4.78, 5) is 23.5. The first kappa shape index (κ1) is 16.7. The molecule has 1 aliphatic rings. The summed E-state index contributed by atoms with van der Waals surface area (Å²) in [6, 6.07) is 9.74. The maximum Gasteiger partial charge on any atom is 0.280 e. The molecular formula is C17H19N5O4. The average Bonchev–Trinajstić information content (AvgIpc) is 3.24. The molecular weight excluding hydrogens is 338 g/mol. The third-order valence-corrected chi connectivity index (χ3v) is 4.43. The number of anilines is 1. The van der Waals surface area contributed by atoms with E-state index >= 15 is 0 Å². The van der Waals surface area contributed by atoms with Crippen LogP contribution in [0.3, 0.4) is 0 Å². The van der Waals surface area contributed by atoms with Gasteiger partial charge in [-0.2, -0.15) is 4.98 Å². The zero-order valence-corrected chi connectivity index (χ0v) is 13.9. The van der Waals surface area contributed by atoms with Crippen molar-refractivity contribution >= 4 is 17.1 Å². The van der Waals surface area contributed by atoms with Gasteiger partial charge in [0.2, 0.25) is 5.95 Å². The molecule has 1 fully saturated rings. The highest BCUT2D eigenvalue weighted by Crippen LogP contribution is 2.30. The topological polar surface area (TPSA) is 125 Å². The summed E-state index contributed by atoms with van der Waals surface area (Å²) in [6.45, 7) is 0.233. The lowest BCUT2D eigenvalue weighted by Gasteiger charge is -2.14. The number of nitrogens with zero attached hydrogens (tertiary/aromatic N) is 3. The van der Waals surface area contributed by atoms with E-state index in [0.717, 1.165) is 5.56 Å². The number of hydrogen-bond donors (Lipinski definition) is 4. The van der Waals surface area contributed by atoms with E-state index in [0.29, 0.717) is 18.1 Å². The van der Waals surface area contributed by atoms with E-state index in [2.05, 4.69) is 20.3 Å². The molecule has 2 aromatic heterocycles. The Morgan fingerprint density at radius 2 is 2.15 bits per heavy atom. The SMILES string of the molecule is O=c1[nH]c(NCc2ccccc2)nc2c1ncn2[C@H]1C[C@H](O)[C@@H](CO)O1. The van der Waals surface area contributed by atoms with Gasteiger partial charge in [-0.1, -0.05) is 30.3 Å². The van der Waals surface area contributed by atoms with Crippen molar-refractivity contribution in [2.75, 3.05) is 11.9 Å². The lowest BCUT2D eigenvalue weighted by atomic mass is 10.2. The lowest BCUT2D eigenvalue weighted by Crippen LogP contribution is -2.24. The molecule has 0 amide bonds. The number of nitrogens with one attached hydrogen (secondary N) is 2. The average molecular weight is 357 g/mol. The number of aliphatic hydroxyl groups excluding tert-OH is 2. The number of aromatic amines is 1. The first-order valence-corrected chi connectivity index (χ1v) is 8.34. The number of rotatable bonds is 5. The van der Waals surface area contributed by atoms with Crippen molar-refractivity contribution in [2.45, 2.75) is 31.4 Å². The van der Waals surface area contributed by atoms with Crippen molar-refractivity contribution in [1.29, 1.82) is 0 Å². The third kappa shape index (κ3) is 3.07. The molecule has 3 aromatic rings. The number of imidazole rings is 1. The van der Waals surface area contributed by atoms with Gasteiger partial charge in [-0.15, -0.1) is 0 Å². The Morgan fingerprint density at radius 1 is 1.35 bits per heavy atom. The molecule has 0 aliphatic carbocycles. The Hall–Kier alpha value is -2.75. The van der Waals surface area contributed by atoms with E-state index in [4.69, 9.17) is 4.74 Å². The van der Waals surface area contributed by atoms with Gasteiger partial charge in [-0.05, 0) is 5.56 Å². The van der Waals surface area contributed by atoms with E-state index in [9.17, 15) is 15.0 Å². The van der Waals surface area contributed by atoms with Crippen LogP contribution in [0.25, 0.3) is 11.2 Å². The highest BCUT2D eigenvalue weighted by Gasteiger charge is 2.35. The van der Waals surface area contributed by atoms with E-state index < -0.39 is 18.4 Å². The van der Waals surface area contributed by atoms with Crippen LogP contribution in [-0.2, 0) is 11.3 Å². The Morgan fingerprint density at radius 3 is 2.88 bits per heavy atom. The largest absolute Gasteiger partial charge is 0.394 e. The van der Waals surface area contributed by atoms with Gasteiger partial charge in [0.25, 0.3) is 5.56 Å². The molecule has 0 bridgehead atoms. The second kappa shape index (κ2) is 6.87. The molecule has 1 aromatic carbocycles. The van der Waals surface area contributed by atoms with Crippen molar-refractivity contribution in [2.24, 2.45) is 0 Å². The fraction of sp³-hybridized carbons (Fsp3) is 0.353. The van der Waals surface area contributed by atoms with Crippen LogP contribution in [0.15, 0.2) is 41.5 Å². The van der Waals surface area contributed by atoms with E-state index in [1.54, 1.807) is 4.57 Å². The number of fused-ring (bicyclic) bond motifs is 1. The minimum absolute atomic E-state index is 0.195. The number of ether oxygens (including phenoxy) is 1. The Labute approximate surface area is 148 Å². The smallest absolute Gasteiger partial charge is 0.280 e. The van der Waals surface area contributed by atoms with Crippen LogP contribution in [0.1, 0.15) is 18.2 Å². The molecule has 0 radical (unpaired) electrons. The molecule has 0 spiro atoms. The summed E-state index contributed by atoms with van der Waals surface area (Å²) in [5.41, 5.74) is 1.25. The van der Waals surface area contributed by atoms with Crippen molar-refractivity contribution in [3.63, 3.8) is 0 Å². The normalized spacial score (nSPS) is 22.8. The molecule has 0 saturated carbocycles. The predicted molar refractivity (Wildman–Crippen MR) is 93.5 cm³/mol. The molecule has 1 aliphatic heterocycles. The van der Waals surface area contributed by atoms with Crippen LogP contribution < -0.4 is 10.9 Å².